The van der Waals surface area contributed by atoms with Crippen LogP contribution in [0.25, 0.3) is 0 Å². The van der Waals surface area contributed by atoms with Gasteiger partial charge < -0.3 is 4.74 Å². The molecule has 1 rings (SSSR count). The molecule has 0 amide bonds. The summed E-state index contributed by atoms with van der Waals surface area (Å²) in [6.07, 6.45) is 6.19. The van der Waals surface area contributed by atoms with Gasteiger partial charge in [0.1, 0.15) is 20.2 Å². The molecule has 3 unspecified atom stereocenters. The molecule has 9 heteroatoms. The normalized spacial score (nSPS) is 28.8. The first-order valence-electron chi connectivity index (χ1n) is 7.17. The number of halogens is 6. The fourth-order valence-corrected chi connectivity index (χ4v) is 2.47. The van der Waals surface area contributed by atoms with Gasteiger partial charge in [-0.2, -0.15) is 0 Å². The molecule has 0 aliphatic heterocycles. The quantitative estimate of drug-likeness (QED) is 0.170. The second-order valence-electron chi connectivity index (χ2n) is 6.53. The average Bonchev–Trinajstić information content (AvgIpc) is 2.21. The van der Waals surface area contributed by atoms with Crippen molar-refractivity contribution < 1.29 is 9.31 Å². The molecule has 0 aromatic rings. The van der Waals surface area contributed by atoms with Crippen molar-refractivity contribution in [1.82, 2.24) is 0 Å². The SMILES string of the molecule is CC1CCC(C(C)C)C(OC=[N+](C)C)C1.[Cl][Sb-]([Cl])([Cl])([Cl])([Cl])[Cl]. The van der Waals surface area contributed by atoms with E-state index in [0.29, 0.717) is 6.10 Å². The topological polar surface area (TPSA) is 12.2 Å². The Hall–Kier alpha value is 2.03. The second kappa shape index (κ2) is 8.15. The van der Waals surface area contributed by atoms with Crippen molar-refractivity contribution in [3.8, 4) is 0 Å². The van der Waals surface area contributed by atoms with E-state index in [-0.39, 0.29) is 0 Å². The zero-order valence-corrected chi connectivity index (χ0v) is 20.7. The minimum absolute atomic E-state index is 0.427. The van der Waals surface area contributed by atoms with E-state index in [1.165, 1.54) is 19.3 Å². The average molecular weight is 547 g/mol. The van der Waals surface area contributed by atoms with Gasteiger partial charge in [-0.15, -0.1) is 0 Å². The molecule has 22 heavy (non-hydrogen) atoms. The van der Waals surface area contributed by atoms with Gasteiger partial charge >= 0.3 is 68.5 Å². The van der Waals surface area contributed by atoms with Crippen LogP contribution in [-0.2, 0) is 4.74 Å². The van der Waals surface area contributed by atoms with E-state index in [4.69, 9.17) is 57.7 Å². The molecule has 2 nitrogen and oxygen atoms in total. The van der Waals surface area contributed by atoms with Gasteiger partial charge in [0.2, 0.25) is 0 Å². The minimum atomic E-state index is -5.42. The van der Waals surface area contributed by atoms with Crippen LogP contribution >= 0.6 is 53.0 Å². The standard InChI is InChI=1S/C13H26NO.6ClH.Sb/c1-10(2)12-7-6-11(3)8-13(12)15-9-14(4)5;;;;;;;/h9-13H,6-8H2,1-5H3;6*1H;/q+1;;;;;;;+5/p-6. The third-order valence-corrected chi connectivity index (χ3v) is 3.41. The van der Waals surface area contributed by atoms with Crippen molar-refractivity contribution in [2.45, 2.75) is 46.1 Å². The summed E-state index contributed by atoms with van der Waals surface area (Å²) >= 11 is 0. The van der Waals surface area contributed by atoms with Crippen molar-refractivity contribution >= 4 is 68.5 Å². The van der Waals surface area contributed by atoms with Gasteiger partial charge in [0.25, 0.3) is 0 Å². The summed E-state index contributed by atoms with van der Waals surface area (Å²) < 4.78 is 7.87. The maximum atomic E-state index is 5.89. The van der Waals surface area contributed by atoms with Crippen molar-refractivity contribution in [2.24, 2.45) is 17.8 Å². The molecule has 136 valence electrons. The van der Waals surface area contributed by atoms with Gasteiger partial charge in [0.05, 0.1) is 0 Å². The molecule has 0 N–H and O–H groups in total. The van der Waals surface area contributed by atoms with Crippen molar-refractivity contribution in [3.05, 3.63) is 0 Å². The zero-order chi connectivity index (χ0) is 17.8. The molecule has 0 bridgehead atoms. The van der Waals surface area contributed by atoms with E-state index in [0.717, 1.165) is 17.8 Å². The van der Waals surface area contributed by atoms with Gasteiger partial charge in [0, 0.05) is 0 Å². The predicted molar refractivity (Wildman–Crippen MR) is 105 cm³/mol. The molecule has 1 aliphatic carbocycles. The Kier molecular flexibility index (Phi) is 8.90. The van der Waals surface area contributed by atoms with E-state index >= 15 is 0 Å². The Bertz CT molecular complexity index is 376. The van der Waals surface area contributed by atoms with Gasteiger partial charge in [-0.05, 0) is 30.6 Å². The van der Waals surface area contributed by atoms with Crippen LogP contribution in [0.4, 0.5) is 0 Å². The Labute approximate surface area is 154 Å². The van der Waals surface area contributed by atoms with Gasteiger partial charge in [-0.1, -0.05) is 27.2 Å². The van der Waals surface area contributed by atoms with E-state index in [1.807, 2.05) is 25.1 Å². The molecular formula is C13H26Cl6NOSb. The van der Waals surface area contributed by atoms with Gasteiger partial charge in [-0.3, -0.25) is 0 Å². The number of nitrogens with zero attached hydrogens (tertiary/aromatic N) is 1. The fraction of sp³-hybridized carbons (Fsp3) is 0.923. The molecular weight excluding hydrogens is 521 g/mol. The molecule has 0 spiro atoms. The Morgan fingerprint density at radius 1 is 1.05 bits per heavy atom. The van der Waals surface area contributed by atoms with Crippen LogP contribution in [0, 0.1) is 17.8 Å². The summed E-state index contributed by atoms with van der Waals surface area (Å²) in [7, 11) is 29.0. The number of hydrogen-bond acceptors (Lipinski definition) is 1. The first kappa shape index (κ1) is 24.0. The van der Waals surface area contributed by atoms with Gasteiger partial charge in [0.15, 0.2) is 0 Å². The van der Waals surface area contributed by atoms with Crippen molar-refractivity contribution in [2.75, 3.05) is 14.1 Å². The summed E-state index contributed by atoms with van der Waals surface area (Å²) in [4.78, 5) is 0. The molecule has 0 saturated heterocycles. The third-order valence-electron chi connectivity index (χ3n) is 3.41. The first-order valence-corrected chi connectivity index (χ1v) is 26.6. The van der Waals surface area contributed by atoms with Crippen molar-refractivity contribution in [3.63, 3.8) is 0 Å². The van der Waals surface area contributed by atoms with Crippen LogP contribution in [0.1, 0.15) is 40.0 Å². The van der Waals surface area contributed by atoms with Crippen molar-refractivity contribution in [1.29, 1.82) is 0 Å². The summed E-state index contributed by atoms with van der Waals surface area (Å²) in [5.41, 5.74) is 0. The first-order chi connectivity index (χ1) is 9.45. The van der Waals surface area contributed by atoms with E-state index < -0.39 is 9.14 Å². The Balaban J connectivity index is 0.000000534. The molecule has 0 radical (unpaired) electrons. The predicted octanol–water partition coefficient (Wildman–Crippen LogP) is 6.52. The Morgan fingerprint density at radius 2 is 1.50 bits per heavy atom. The molecule has 0 heterocycles. The van der Waals surface area contributed by atoms with Crippen LogP contribution < -0.4 is 0 Å². The molecule has 1 fully saturated rings. The molecule has 1 saturated carbocycles. The van der Waals surface area contributed by atoms with Crippen LogP contribution in [-0.4, -0.2) is 40.3 Å². The van der Waals surface area contributed by atoms with E-state index in [2.05, 4.69) is 20.8 Å². The number of rotatable bonds is 3. The summed E-state index contributed by atoms with van der Waals surface area (Å²) in [6.45, 7) is 6.96. The molecule has 0 aromatic carbocycles. The summed E-state index contributed by atoms with van der Waals surface area (Å²) in [6, 6.07) is 0. The third kappa shape index (κ3) is 16.9. The van der Waals surface area contributed by atoms with Crippen LogP contribution in [0.15, 0.2) is 0 Å². The molecule has 1 aliphatic rings. The van der Waals surface area contributed by atoms with E-state index in [9.17, 15) is 0 Å². The zero-order valence-electron chi connectivity index (χ0n) is 13.6. The van der Waals surface area contributed by atoms with Crippen LogP contribution in [0.2, 0.25) is 0 Å². The second-order valence-corrected chi connectivity index (χ2v) is 63.4. The maximum absolute atomic E-state index is 5.89. The monoisotopic (exact) mass is 543 g/mol. The Morgan fingerprint density at radius 3 is 1.86 bits per heavy atom. The molecule has 0 aromatic heterocycles. The number of ether oxygens (including phenoxy) is 1. The summed E-state index contributed by atoms with van der Waals surface area (Å²) in [5.74, 6) is 2.29. The van der Waals surface area contributed by atoms with Crippen LogP contribution in [0.3, 0.4) is 0 Å². The fourth-order valence-electron chi connectivity index (χ4n) is 2.47. The van der Waals surface area contributed by atoms with Gasteiger partial charge in [-0.25, -0.2) is 4.58 Å². The number of hydrogen-bond donors (Lipinski definition) is 0. The summed E-state index contributed by atoms with van der Waals surface area (Å²) in [5, 5.41) is 0. The van der Waals surface area contributed by atoms with E-state index in [1.54, 1.807) is 0 Å². The van der Waals surface area contributed by atoms with Crippen LogP contribution in [0.5, 0.6) is 0 Å². The molecule has 3 atom stereocenters.